The second-order valence-corrected chi connectivity index (χ2v) is 6.55. The van der Waals surface area contributed by atoms with Crippen LogP contribution in [0.1, 0.15) is 36.5 Å². The van der Waals surface area contributed by atoms with Gasteiger partial charge < -0.3 is 9.64 Å². The molecule has 0 aliphatic carbocycles. The van der Waals surface area contributed by atoms with E-state index in [1.165, 1.54) is 5.56 Å². The predicted octanol–water partition coefficient (Wildman–Crippen LogP) is 2.30. The third-order valence-corrected chi connectivity index (χ3v) is 4.53. The number of carbonyl (C=O) groups is 1. The van der Waals surface area contributed by atoms with Crippen molar-refractivity contribution >= 4 is 5.91 Å². The molecular formula is C19H26N4O2. The van der Waals surface area contributed by atoms with E-state index in [9.17, 15) is 4.79 Å². The minimum absolute atomic E-state index is 0.146. The van der Waals surface area contributed by atoms with Crippen molar-refractivity contribution in [2.24, 2.45) is 0 Å². The molecule has 6 nitrogen and oxygen atoms in total. The highest BCUT2D eigenvalue weighted by molar-refractivity contribution is 5.76. The van der Waals surface area contributed by atoms with Gasteiger partial charge in [0.2, 0.25) is 5.91 Å². The van der Waals surface area contributed by atoms with E-state index in [0.717, 1.165) is 25.1 Å². The first-order valence-corrected chi connectivity index (χ1v) is 9.02. The van der Waals surface area contributed by atoms with E-state index in [0.29, 0.717) is 38.4 Å². The van der Waals surface area contributed by atoms with Gasteiger partial charge in [0.25, 0.3) is 0 Å². The lowest BCUT2D eigenvalue weighted by Crippen LogP contribution is -2.45. The van der Waals surface area contributed by atoms with Gasteiger partial charge in [-0.25, -0.2) is 4.98 Å². The number of nitrogens with zero attached hydrogens (tertiary/aromatic N) is 3. The maximum absolute atomic E-state index is 12.4. The van der Waals surface area contributed by atoms with Crippen LogP contribution in [0.5, 0.6) is 0 Å². The lowest BCUT2D eigenvalue weighted by Gasteiger charge is -2.33. The lowest BCUT2D eigenvalue weighted by atomic mass is 10.0. The Labute approximate surface area is 148 Å². The molecule has 1 saturated heterocycles. The van der Waals surface area contributed by atoms with Crippen molar-refractivity contribution in [1.29, 1.82) is 0 Å². The Morgan fingerprint density at radius 2 is 2.16 bits per heavy atom. The van der Waals surface area contributed by atoms with Gasteiger partial charge in [0, 0.05) is 25.9 Å². The number of H-pyrrole nitrogens is 1. The van der Waals surface area contributed by atoms with E-state index in [2.05, 4.69) is 39.4 Å². The molecule has 134 valence electrons. The summed E-state index contributed by atoms with van der Waals surface area (Å²) in [4.78, 5) is 18.6. The number of ether oxygens (including phenoxy) is 1. The molecule has 3 rings (SSSR count). The Bertz CT molecular complexity index is 671. The van der Waals surface area contributed by atoms with Gasteiger partial charge >= 0.3 is 0 Å². The number of rotatable bonds is 7. The van der Waals surface area contributed by atoms with Crippen LogP contribution >= 0.6 is 0 Å². The summed E-state index contributed by atoms with van der Waals surface area (Å²) < 4.78 is 5.84. The summed E-state index contributed by atoms with van der Waals surface area (Å²) in [5.41, 5.74) is 1.35. The largest absolute Gasteiger partial charge is 0.375 e. The zero-order chi connectivity index (χ0) is 17.5. The maximum Gasteiger partial charge on any atom is 0.223 e. The first kappa shape index (κ1) is 17.6. The number of aryl methyl sites for hydroxylation is 3. The quantitative estimate of drug-likeness (QED) is 0.838. The Kier molecular flexibility index (Phi) is 6.17. The van der Waals surface area contributed by atoms with Gasteiger partial charge in [-0.05, 0) is 31.7 Å². The summed E-state index contributed by atoms with van der Waals surface area (Å²) in [5.74, 6) is 1.66. The second-order valence-electron chi connectivity index (χ2n) is 6.55. The Balaban J connectivity index is 1.40. The van der Waals surface area contributed by atoms with Crippen LogP contribution in [0, 0.1) is 6.92 Å². The summed E-state index contributed by atoms with van der Waals surface area (Å²) in [5, 5.41) is 6.90. The molecular weight excluding hydrogens is 316 g/mol. The third-order valence-electron chi connectivity index (χ3n) is 4.53. The van der Waals surface area contributed by atoms with Crippen LogP contribution < -0.4 is 0 Å². The highest BCUT2D eigenvalue weighted by Crippen LogP contribution is 2.14. The first-order chi connectivity index (χ1) is 12.2. The minimum Gasteiger partial charge on any atom is -0.375 e. The van der Waals surface area contributed by atoms with Crippen molar-refractivity contribution in [3.8, 4) is 0 Å². The van der Waals surface area contributed by atoms with Crippen LogP contribution in [0.15, 0.2) is 30.3 Å². The van der Waals surface area contributed by atoms with Crippen molar-refractivity contribution in [3.05, 3.63) is 47.5 Å². The van der Waals surface area contributed by atoms with E-state index in [1.807, 2.05) is 17.9 Å². The molecule has 2 heterocycles. The molecule has 2 aromatic rings. The van der Waals surface area contributed by atoms with Gasteiger partial charge in [-0.3, -0.25) is 9.89 Å². The molecule has 1 atom stereocenters. The fourth-order valence-corrected chi connectivity index (χ4v) is 3.18. The monoisotopic (exact) mass is 342 g/mol. The zero-order valence-electron chi connectivity index (χ0n) is 14.8. The summed E-state index contributed by atoms with van der Waals surface area (Å²) in [6, 6.07) is 10.5. The number of benzene rings is 1. The topological polar surface area (TPSA) is 71.1 Å². The summed E-state index contributed by atoms with van der Waals surface area (Å²) in [7, 11) is 0. The molecule has 1 N–H and O–H groups in total. The molecule has 0 saturated carbocycles. The summed E-state index contributed by atoms with van der Waals surface area (Å²) in [6.45, 7) is 3.86. The van der Waals surface area contributed by atoms with Crippen LogP contribution in [0.4, 0.5) is 0 Å². The normalized spacial score (nSPS) is 17.6. The first-order valence-electron chi connectivity index (χ1n) is 9.02. The average molecular weight is 342 g/mol. The number of aromatic nitrogens is 3. The van der Waals surface area contributed by atoms with Crippen LogP contribution in [0.3, 0.4) is 0 Å². The number of carbonyl (C=O) groups excluding carboxylic acids is 1. The molecule has 1 aliphatic rings. The summed E-state index contributed by atoms with van der Waals surface area (Å²) in [6.07, 6.45) is 4.30. The highest BCUT2D eigenvalue weighted by Gasteiger charge is 2.23. The highest BCUT2D eigenvalue weighted by atomic mass is 16.5. The van der Waals surface area contributed by atoms with E-state index in [-0.39, 0.29) is 12.0 Å². The zero-order valence-corrected chi connectivity index (χ0v) is 14.8. The van der Waals surface area contributed by atoms with Crippen molar-refractivity contribution in [3.63, 3.8) is 0 Å². The average Bonchev–Trinajstić information content (AvgIpc) is 3.06. The van der Waals surface area contributed by atoms with Gasteiger partial charge in [0.15, 0.2) is 5.82 Å². The smallest absolute Gasteiger partial charge is 0.223 e. The number of hydrogen-bond acceptors (Lipinski definition) is 4. The second kappa shape index (κ2) is 8.76. The van der Waals surface area contributed by atoms with Gasteiger partial charge in [-0.2, -0.15) is 5.10 Å². The fourth-order valence-electron chi connectivity index (χ4n) is 3.18. The molecule has 0 bridgehead atoms. The molecule has 1 fully saturated rings. The molecule has 0 radical (unpaired) electrons. The van der Waals surface area contributed by atoms with Crippen LogP contribution in [0.25, 0.3) is 0 Å². The molecule has 25 heavy (non-hydrogen) atoms. The number of morpholine rings is 1. The standard InChI is InChI=1S/C19H26N4O2/c1-15-20-18(22-21-15)10-11-19(24)23-12-13-25-17(14-23)9-5-8-16-6-3-2-4-7-16/h2-4,6-7,17H,5,8-14H2,1H3,(H,20,21,22)/t17-/m0/s1. The van der Waals surface area contributed by atoms with Gasteiger partial charge in [0.05, 0.1) is 12.7 Å². The number of nitrogens with one attached hydrogen (secondary N) is 1. The van der Waals surface area contributed by atoms with E-state index in [4.69, 9.17) is 4.74 Å². The van der Waals surface area contributed by atoms with Gasteiger partial charge in [0.1, 0.15) is 5.82 Å². The van der Waals surface area contributed by atoms with E-state index in [1.54, 1.807) is 0 Å². The van der Waals surface area contributed by atoms with Crippen molar-refractivity contribution in [2.45, 2.75) is 45.1 Å². The number of amides is 1. The minimum atomic E-state index is 0.146. The Morgan fingerprint density at radius 3 is 2.92 bits per heavy atom. The van der Waals surface area contributed by atoms with Gasteiger partial charge in [-0.1, -0.05) is 30.3 Å². The van der Waals surface area contributed by atoms with Crippen molar-refractivity contribution in [1.82, 2.24) is 20.1 Å². The molecule has 1 aromatic carbocycles. The van der Waals surface area contributed by atoms with E-state index < -0.39 is 0 Å². The number of aromatic amines is 1. The SMILES string of the molecule is Cc1nc(CCC(=O)N2CCO[C@@H](CCCc3ccccc3)C2)n[nH]1. The fraction of sp³-hybridized carbons (Fsp3) is 0.526. The third kappa shape index (κ3) is 5.39. The lowest BCUT2D eigenvalue weighted by molar-refractivity contribution is -0.139. The van der Waals surface area contributed by atoms with Crippen molar-refractivity contribution < 1.29 is 9.53 Å². The Morgan fingerprint density at radius 1 is 1.32 bits per heavy atom. The molecule has 1 aliphatic heterocycles. The summed E-state index contributed by atoms with van der Waals surface area (Å²) >= 11 is 0. The maximum atomic E-state index is 12.4. The Hall–Kier alpha value is -2.21. The molecule has 0 spiro atoms. The molecule has 1 aromatic heterocycles. The van der Waals surface area contributed by atoms with Crippen LogP contribution in [-0.2, 0) is 22.4 Å². The molecule has 6 heteroatoms. The van der Waals surface area contributed by atoms with E-state index >= 15 is 0 Å². The van der Waals surface area contributed by atoms with Crippen LogP contribution in [-0.4, -0.2) is 51.8 Å². The predicted molar refractivity (Wildman–Crippen MR) is 95.1 cm³/mol. The molecule has 0 unspecified atom stereocenters. The molecule has 1 amide bonds. The van der Waals surface area contributed by atoms with Crippen molar-refractivity contribution in [2.75, 3.05) is 19.7 Å². The number of hydrogen-bond donors (Lipinski definition) is 1. The van der Waals surface area contributed by atoms with Crippen LogP contribution in [0.2, 0.25) is 0 Å². The van der Waals surface area contributed by atoms with Gasteiger partial charge in [-0.15, -0.1) is 0 Å².